The Kier molecular flexibility index (Phi) is 4.33. The topological polar surface area (TPSA) is 67.2 Å². The number of amides is 2. The molecule has 0 unspecified atom stereocenters. The Morgan fingerprint density at radius 2 is 2.08 bits per heavy atom. The molecule has 0 radical (unpaired) electrons. The number of aromatic nitrogens is 2. The Balaban J connectivity index is 1.86. The molecule has 1 aromatic heterocycles. The minimum atomic E-state index is -0.641. The standard InChI is InChI=1S/C17H19FN4O2/c1-3-14(17(24)19-13-6-4-12(18)5-7-13)22-15-10-11(2)20-21(15)9-8-16(22)23/h4-7,10,14H,3,8-9H2,1-2H3,(H,19,24)/t14-/m1/s1. The number of carbonyl (C=O) groups is 2. The van der Waals surface area contributed by atoms with Gasteiger partial charge in [0.15, 0.2) is 0 Å². The van der Waals surface area contributed by atoms with E-state index in [9.17, 15) is 14.0 Å². The van der Waals surface area contributed by atoms with Gasteiger partial charge in [0.2, 0.25) is 11.8 Å². The normalized spacial score (nSPS) is 15.1. The minimum absolute atomic E-state index is 0.0940. The average molecular weight is 330 g/mol. The Morgan fingerprint density at radius 1 is 1.38 bits per heavy atom. The summed E-state index contributed by atoms with van der Waals surface area (Å²) < 4.78 is 14.7. The van der Waals surface area contributed by atoms with Crippen molar-refractivity contribution in [3.05, 3.63) is 41.8 Å². The van der Waals surface area contributed by atoms with Crippen LogP contribution in [-0.2, 0) is 16.1 Å². The molecule has 24 heavy (non-hydrogen) atoms. The van der Waals surface area contributed by atoms with Crippen LogP contribution in [0.5, 0.6) is 0 Å². The lowest BCUT2D eigenvalue weighted by Gasteiger charge is -2.33. The zero-order chi connectivity index (χ0) is 17.3. The third-order valence-electron chi connectivity index (χ3n) is 4.05. The first-order chi connectivity index (χ1) is 11.5. The van der Waals surface area contributed by atoms with Crippen LogP contribution in [0.1, 0.15) is 25.5 Å². The van der Waals surface area contributed by atoms with Gasteiger partial charge in [-0.15, -0.1) is 0 Å². The van der Waals surface area contributed by atoms with Crippen molar-refractivity contribution in [2.75, 3.05) is 10.2 Å². The second-order valence-corrected chi connectivity index (χ2v) is 5.80. The van der Waals surface area contributed by atoms with Crippen molar-refractivity contribution in [1.82, 2.24) is 9.78 Å². The first-order valence-corrected chi connectivity index (χ1v) is 7.92. The number of anilines is 2. The summed E-state index contributed by atoms with van der Waals surface area (Å²) in [6.07, 6.45) is 0.775. The van der Waals surface area contributed by atoms with Crippen LogP contribution in [0.4, 0.5) is 15.9 Å². The van der Waals surface area contributed by atoms with Crippen LogP contribution < -0.4 is 10.2 Å². The van der Waals surface area contributed by atoms with Crippen molar-refractivity contribution in [2.24, 2.45) is 0 Å². The molecule has 0 spiro atoms. The van der Waals surface area contributed by atoms with E-state index in [4.69, 9.17) is 0 Å². The fourth-order valence-electron chi connectivity index (χ4n) is 2.92. The van der Waals surface area contributed by atoms with Crippen LogP contribution in [0.25, 0.3) is 0 Å². The summed E-state index contributed by atoms with van der Waals surface area (Å²) in [5, 5.41) is 7.10. The lowest BCUT2D eigenvalue weighted by Crippen LogP contribution is -2.50. The fourth-order valence-corrected chi connectivity index (χ4v) is 2.92. The number of nitrogens with zero attached hydrogens (tertiary/aromatic N) is 3. The average Bonchev–Trinajstić information content (AvgIpc) is 2.93. The lowest BCUT2D eigenvalue weighted by molar-refractivity contribution is -0.124. The van der Waals surface area contributed by atoms with Gasteiger partial charge in [0.1, 0.15) is 17.7 Å². The summed E-state index contributed by atoms with van der Waals surface area (Å²) in [4.78, 5) is 26.6. The maximum absolute atomic E-state index is 13.0. The number of carbonyl (C=O) groups excluding carboxylic acids is 2. The molecule has 1 aromatic carbocycles. The van der Waals surface area contributed by atoms with E-state index < -0.39 is 6.04 Å². The number of aryl methyl sites for hydroxylation is 2. The largest absolute Gasteiger partial charge is 0.324 e. The van der Waals surface area contributed by atoms with E-state index in [0.717, 1.165) is 5.69 Å². The summed E-state index contributed by atoms with van der Waals surface area (Å²) >= 11 is 0. The maximum atomic E-state index is 13.0. The summed E-state index contributed by atoms with van der Waals surface area (Å²) in [6.45, 7) is 4.23. The molecule has 0 aliphatic carbocycles. The van der Waals surface area contributed by atoms with Gasteiger partial charge in [-0.3, -0.25) is 14.5 Å². The van der Waals surface area contributed by atoms with Gasteiger partial charge in [-0.2, -0.15) is 5.10 Å². The number of hydrogen-bond acceptors (Lipinski definition) is 3. The second-order valence-electron chi connectivity index (χ2n) is 5.80. The van der Waals surface area contributed by atoms with Crippen LogP contribution in [0, 0.1) is 12.7 Å². The zero-order valence-electron chi connectivity index (χ0n) is 13.6. The Bertz CT molecular complexity index is 769. The molecule has 2 heterocycles. The molecule has 126 valence electrons. The quantitative estimate of drug-likeness (QED) is 0.936. The predicted octanol–water partition coefficient (Wildman–Crippen LogP) is 2.48. The SMILES string of the molecule is CC[C@H](C(=O)Nc1ccc(F)cc1)N1C(=O)CCn2nc(C)cc21. The number of halogens is 1. The van der Waals surface area contributed by atoms with Gasteiger partial charge in [-0.25, -0.2) is 9.07 Å². The molecule has 1 aliphatic rings. The van der Waals surface area contributed by atoms with E-state index in [0.29, 0.717) is 30.9 Å². The second kappa shape index (κ2) is 6.43. The molecule has 3 rings (SSSR count). The van der Waals surface area contributed by atoms with E-state index in [-0.39, 0.29) is 17.6 Å². The number of nitrogens with one attached hydrogen (secondary N) is 1. The van der Waals surface area contributed by atoms with Gasteiger partial charge in [0, 0.05) is 18.2 Å². The van der Waals surface area contributed by atoms with Gasteiger partial charge >= 0.3 is 0 Å². The first-order valence-electron chi connectivity index (χ1n) is 7.92. The fraction of sp³-hybridized carbons (Fsp3) is 0.353. The van der Waals surface area contributed by atoms with E-state index in [1.807, 2.05) is 19.9 Å². The van der Waals surface area contributed by atoms with Crippen LogP contribution in [0.3, 0.4) is 0 Å². The van der Waals surface area contributed by atoms with E-state index in [2.05, 4.69) is 10.4 Å². The van der Waals surface area contributed by atoms with Crippen molar-refractivity contribution in [3.63, 3.8) is 0 Å². The van der Waals surface area contributed by atoms with Crippen LogP contribution in [0.2, 0.25) is 0 Å². The van der Waals surface area contributed by atoms with Crippen LogP contribution in [-0.4, -0.2) is 27.6 Å². The molecule has 1 atom stereocenters. The van der Waals surface area contributed by atoms with Gasteiger partial charge in [0.05, 0.1) is 12.2 Å². The number of hydrogen-bond donors (Lipinski definition) is 1. The minimum Gasteiger partial charge on any atom is -0.324 e. The molecule has 1 N–H and O–H groups in total. The van der Waals surface area contributed by atoms with E-state index >= 15 is 0 Å². The smallest absolute Gasteiger partial charge is 0.247 e. The van der Waals surface area contributed by atoms with Gasteiger partial charge in [-0.05, 0) is 37.6 Å². The first kappa shape index (κ1) is 16.2. The number of fused-ring (bicyclic) bond motifs is 1. The monoisotopic (exact) mass is 330 g/mol. The highest BCUT2D eigenvalue weighted by Gasteiger charge is 2.34. The molecular weight excluding hydrogens is 311 g/mol. The van der Waals surface area contributed by atoms with Gasteiger partial charge in [0.25, 0.3) is 0 Å². The summed E-state index contributed by atoms with van der Waals surface area (Å²) in [6, 6.07) is 6.71. The van der Waals surface area contributed by atoms with Crippen molar-refractivity contribution in [3.8, 4) is 0 Å². The summed E-state index contributed by atoms with van der Waals surface area (Å²) in [7, 11) is 0. The summed E-state index contributed by atoms with van der Waals surface area (Å²) in [5.41, 5.74) is 1.30. The molecule has 0 fully saturated rings. The molecule has 0 bridgehead atoms. The summed E-state index contributed by atoms with van der Waals surface area (Å²) in [5.74, 6) is -0.122. The third-order valence-corrected chi connectivity index (χ3v) is 4.05. The van der Waals surface area contributed by atoms with Crippen molar-refractivity contribution in [2.45, 2.75) is 39.3 Å². The molecule has 0 saturated heterocycles. The molecule has 2 amide bonds. The number of rotatable bonds is 4. The van der Waals surface area contributed by atoms with Crippen molar-refractivity contribution in [1.29, 1.82) is 0 Å². The lowest BCUT2D eigenvalue weighted by atomic mass is 10.1. The molecule has 2 aromatic rings. The van der Waals surface area contributed by atoms with E-state index in [1.165, 1.54) is 29.2 Å². The Morgan fingerprint density at radius 3 is 2.75 bits per heavy atom. The zero-order valence-corrected chi connectivity index (χ0v) is 13.6. The predicted molar refractivity (Wildman–Crippen MR) is 88.2 cm³/mol. The van der Waals surface area contributed by atoms with Gasteiger partial charge in [-0.1, -0.05) is 6.92 Å². The molecule has 6 nitrogen and oxygen atoms in total. The van der Waals surface area contributed by atoms with Crippen LogP contribution in [0.15, 0.2) is 30.3 Å². The maximum Gasteiger partial charge on any atom is 0.247 e. The van der Waals surface area contributed by atoms with Crippen LogP contribution >= 0.6 is 0 Å². The van der Waals surface area contributed by atoms with Gasteiger partial charge < -0.3 is 5.32 Å². The third kappa shape index (κ3) is 3.02. The Hall–Kier alpha value is -2.70. The molecular formula is C17H19FN4O2. The highest BCUT2D eigenvalue weighted by Crippen LogP contribution is 2.26. The molecule has 1 aliphatic heterocycles. The van der Waals surface area contributed by atoms with E-state index in [1.54, 1.807) is 4.68 Å². The Labute approximate surface area is 139 Å². The highest BCUT2D eigenvalue weighted by molar-refractivity contribution is 6.05. The molecule has 7 heteroatoms. The van der Waals surface area contributed by atoms with Crippen molar-refractivity contribution >= 4 is 23.3 Å². The highest BCUT2D eigenvalue weighted by atomic mass is 19.1. The number of benzene rings is 1. The van der Waals surface area contributed by atoms with Crippen molar-refractivity contribution < 1.29 is 14.0 Å². The molecule has 0 saturated carbocycles.